The van der Waals surface area contributed by atoms with Gasteiger partial charge in [0.2, 0.25) is 5.90 Å². The van der Waals surface area contributed by atoms with Crippen molar-refractivity contribution >= 4 is 5.90 Å². The van der Waals surface area contributed by atoms with E-state index in [1.165, 1.54) is 0 Å². The molecule has 1 heterocycles. The van der Waals surface area contributed by atoms with Crippen LogP contribution in [0.3, 0.4) is 0 Å². The smallest absolute Gasteiger partial charge is 0.208 e. The minimum atomic E-state index is -0.255. The quantitative estimate of drug-likeness (QED) is 0.474. The summed E-state index contributed by atoms with van der Waals surface area (Å²) in [6.45, 7) is 1.71. The summed E-state index contributed by atoms with van der Waals surface area (Å²) in [5.74, 6) is 0.573. The van der Waals surface area contributed by atoms with Gasteiger partial charge in [0.25, 0.3) is 0 Å². The lowest BCUT2D eigenvalue weighted by Gasteiger charge is -1.97. The Morgan fingerprint density at radius 3 is 3.00 bits per heavy atom. The second kappa shape index (κ2) is 2.11. The Hall–Kier alpha value is -0.610. The Kier molecular flexibility index (Phi) is 1.45. The van der Waals surface area contributed by atoms with Crippen LogP contribution >= 0.6 is 0 Å². The van der Waals surface area contributed by atoms with Crippen LogP contribution in [0.1, 0.15) is 6.92 Å². The van der Waals surface area contributed by atoms with E-state index >= 15 is 0 Å². The molecule has 0 aromatic heterocycles. The van der Waals surface area contributed by atoms with E-state index in [2.05, 4.69) is 10.5 Å². The largest absolute Gasteiger partial charge is 0.393 e. The molecule has 0 aromatic carbocycles. The third-order valence-electron chi connectivity index (χ3n) is 0.853. The number of aliphatic hydroxyl groups excluding tert-OH is 1. The van der Waals surface area contributed by atoms with Crippen LogP contribution in [0.15, 0.2) is 4.99 Å². The van der Waals surface area contributed by atoms with E-state index in [9.17, 15) is 0 Å². The van der Waals surface area contributed by atoms with Gasteiger partial charge >= 0.3 is 0 Å². The van der Waals surface area contributed by atoms with Crippen molar-refractivity contribution in [3.05, 3.63) is 0 Å². The Bertz CT molecular complexity index is 113. The molecule has 1 atom stereocenters. The summed E-state index contributed by atoms with van der Waals surface area (Å²) >= 11 is 0. The minimum Gasteiger partial charge on any atom is -0.393 e. The van der Waals surface area contributed by atoms with Crippen LogP contribution in [0, 0.1) is 0 Å². The molecule has 1 aliphatic rings. The van der Waals surface area contributed by atoms with Crippen LogP contribution in [0.25, 0.3) is 0 Å². The molecule has 0 radical (unpaired) electrons. The second-order valence-corrected chi connectivity index (χ2v) is 1.57. The monoisotopic (exact) mass is 116 g/mol. The zero-order chi connectivity index (χ0) is 5.98. The SMILES string of the molecule is CC1=NC(CO)NO1. The molecule has 0 aliphatic carbocycles. The van der Waals surface area contributed by atoms with Gasteiger partial charge < -0.3 is 9.94 Å². The molecule has 0 spiro atoms. The highest BCUT2D eigenvalue weighted by Crippen LogP contribution is 1.95. The molecule has 4 heteroatoms. The highest BCUT2D eigenvalue weighted by molar-refractivity contribution is 5.74. The summed E-state index contributed by atoms with van der Waals surface area (Å²) in [6.07, 6.45) is -0.255. The number of hydrogen-bond acceptors (Lipinski definition) is 4. The topological polar surface area (TPSA) is 53.9 Å². The minimum absolute atomic E-state index is 0.0165. The molecular formula is C4H8N2O2. The summed E-state index contributed by atoms with van der Waals surface area (Å²) in [5, 5.41) is 8.43. The van der Waals surface area contributed by atoms with Gasteiger partial charge in [-0.3, -0.25) is 0 Å². The molecule has 0 fully saturated rings. The van der Waals surface area contributed by atoms with E-state index in [0.29, 0.717) is 5.90 Å². The third kappa shape index (κ3) is 0.962. The first-order chi connectivity index (χ1) is 3.83. The van der Waals surface area contributed by atoms with Gasteiger partial charge in [-0.15, -0.1) is 5.48 Å². The maximum Gasteiger partial charge on any atom is 0.208 e. The molecule has 1 rings (SSSR count). The highest BCUT2D eigenvalue weighted by atomic mass is 16.7. The van der Waals surface area contributed by atoms with Gasteiger partial charge in [-0.25, -0.2) is 4.99 Å². The average Bonchev–Trinajstić information content (AvgIpc) is 2.14. The first kappa shape index (κ1) is 5.53. The summed E-state index contributed by atoms with van der Waals surface area (Å²) in [5.41, 5.74) is 2.50. The van der Waals surface area contributed by atoms with Gasteiger partial charge in [-0.1, -0.05) is 0 Å². The molecule has 1 aliphatic heterocycles. The number of aliphatic imine (C=N–C) groups is 1. The molecule has 1 unspecified atom stereocenters. The molecule has 0 bridgehead atoms. The van der Waals surface area contributed by atoms with Gasteiger partial charge in [0, 0.05) is 6.92 Å². The average molecular weight is 116 g/mol. The fourth-order valence-electron chi connectivity index (χ4n) is 0.504. The van der Waals surface area contributed by atoms with E-state index in [4.69, 9.17) is 9.94 Å². The Morgan fingerprint density at radius 1 is 2.00 bits per heavy atom. The van der Waals surface area contributed by atoms with E-state index in [1.807, 2.05) is 0 Å². The summed E-state index contributed by atoms with van der Waals surface area (Å²) in [6, 6.07) is 0. The maximum atomic E-state index is 8.43. The van der Waals surface area contributed by atoms with Gasteiger partial charge in [-0.2, -0.15) is 0 Å². The van der Waals surface area contributed by atoms with E-state index in [0.717, 1.165) is 0 Å². The van der Waals surface area contributed by atoms with Gasteiger partial charge in [0.15, 0.2) is 6.17 Å². The van der Waals surface area contributed by atoms with Gasteiger partial charge in [0.05, 0.1) is 6.61 Å². The first-order valence-electron chi connectivity index (χ1n) is 2.40. The van der Waals surface area contributed by atoms with E-state index in [1.54, 1.807) is 6.92 Å². The van der Waals surface area contributed by atoms with Gasteiger partial charge in [0.1, 0.15) is 0 Å². The fourth-order valence-corrected chi connectivity index (χ4v) is 0.504. The van der Waals surface area contributed by atoms with Crippen LogP contribution in [-0.4, -0.2) is 23.8 Å². The van der Waals surface area contributed by atoms with Crippen molar-refractivity contribution in [1.29, 1.82) is 0 Å². The number of hydroxylamine groups is 1. The predicted molar refractivity (Wildman–Crippen MR) is 28.2 cm³/mol. The molecule has 0 aromatic rings. The molecule has 0 saturated heterocycles. The van der Waals surface area contributed by atoms with Gasteiger partial charge in [-0.05, 0) is 0 Å². The second-order valence-electron chi connectivity index (χ2n) is 1.57. The summed E-state index contributed by atoms with van der Waals surface area (Å²) < 4.78 is 0. The fraction of sp³-hybridized carbons (Fsp3) is 0.750. The van der Waals surface area contributed by atoms with Crippen molar-refractivity contribution in [3.8, 4) is 0 Å². The van der Waals surface area contributed by atoms with Crippen molar-refractivity contribution in [1.82, 2.24) is 5.48 Å². The summed E-state index contributed by atoms with van der Waals surface area (Å²) in [4.78, 5) is 8.54. The molecule has 8 heavy (non-hydrogen) atoms. The predicted octanol–water partition coefficient (Wildman–Crippen LogP) is -0.742. The normalized spacial score (nSPS) is 27.2. The molecule has 0 saturated carbocycles. The Morgan fingerprint density at radius 2 is 2.75 bits per heavy atom. The number of aliphatic hydroxyl groups is 1. The number of rotatable bonds is 1. The van der Waals surface area contributed by atoms with Crippen molar-refractivity contribution < 1.29 is 9.94 Å². The molecule has 2 N–H and O–H groups in total. The van der Waals surface area contributed by atoms with Crippen LogP contribution in [0.5, 0.6) is 0 Å². The lowest BCUT2D eigenvalue weighted by atomic mass is 10.6. The lowest BCUT2D eigenvalue weighted by Crippen LogP contribution is -2.24. The zero-order valence-electron chi connectivity index (χ0n) is 4.59. The summed E-state index contributed by atoms with van der Waals surface area (Å²) in [7, 11) is 0. The standard InChI is InChI=1S/C4H8N2O2/c1-3-5-4(2-7)6-8-3/h4,6-7H,2H2,1H3. The van der Waals surface area contributed by atoms with Crippen LogP contribution in [0.4, 0.5) is 0 Å². The number of nitrogens with zero attached hydrogens (tertiary/aromatic N) is 1. The van der Waals surface area contributed by atoms with Crippen LogP contribution < -0.4 is 5.48 Å². The number of nitrogens with one attached hydrogen (secondary N) is 1. The van der Waals surface area contributed by atoms with Crippen molar-refractivity contribution in [3.63, 3.8) is 0 Å². The first-order valence-corrected chi connectivity index (χ1v) is 2.40. The van der Waals surface area contributed by atoms with E-state index < -0.39 is 0 Å². The molecule has 46 valence electrons. The third-order valence-corrected chi connectivity index (χ3v) is 0.853. The maximum absolute atomic E-state index is 8.43. The molecule has 0 amide bonds. The van der Waals surface area contributed by atoms with E-state index in [-0.39, 0.29) is 12.8 Å². The Labute approximate surface area is 47.1 Å². The molecule has 4 nitrogen and oxygen atoms in total. The molecular weight excluding hydrogens is 108 g/mol. The van der Waals surface area contributed by atoms with Crippen molar-refractivity contribution in [2.75, 3.05) is 6.61 Å². The lowest BCUT2D eigenvalue weighted by molar-refractivity contribution is 0.136. The van der Waals surface area contributed by atoms with Crippen LogP contribution in [0.2, 0.25) is 0 Å². The van der Waals surface area contributed by atoms with Crippen LogP contribution in [-0.2, 0) is 4.84 Å². The zero-order valence-corrected chi connectivity index (χ0v) is 4.59. The van der Waals surface area contributed by atoms with Crippen molar-refractivity contribution in [2.24, 2.45) is 4.99 Å². The van der Waals surface area contributed by atoms with Crippen molar-refractivity contribution in [2.45, 2.75) is 13.1 Å². The number of hydrogen-bond donors (Lipinski definition) is 2. The highest BCUT2D eigenvalue weighted by Gasteiger charge is 2.12. The Balaban J connectivity index is 2.41.